The summed E-state index contributed by atoms with van der Waals surface area (Å²) < 4.78 is 44.1. The maximum Gasteiger partial charge on any atom is 0.224 e. The summed E-state index contributed by atoms with van der Waals surface area (Å²) in [4.78, 5) is 14.9. The van der Waals surface area contributed by atoms with Gasteiger partial charge in [0.1, 0.15) is 5.82 Å². The first-order valence-electron chi connectivity index (χ1n) is 14.4. The van der Waals surface area contributed by atoms with Gasteiger partial charge in [-0.1, -0.05) is 37.5 Å². The van der Waals surface area contributed by atoms with Gasteiger partial charge in [0.2, 0.25) is 5.91 Å². The van der Waals surface area contributed by atoms with Crippen molar-refractivity contribution in [2.45, 2.75) is 70.4 Å². The van der Waals surface area contributed by atoms with E-state index in [9.17, 15) is 17.9 Å². The van der Waals surface area contributed by atoms with Gasteiger partial charge in [-0.2, -0.15) is 5.26 Å². The van der Waals surface area contributed by atoms with Crippen molar-refractivity contribution < 1.29 is 17.9 Å². The van der Waals surface area contributed by atoms with Crippen molar-refractivity contribution >= 4 is 21.1 Å². The summed E-state index contributed by atoms with van der Waals surface area (Å²) in [5.41, 5.74) is 1.81. The predicted octanol–water partition coefficient (Wildman–Crippen LogP) is 4.79. The van der Waals surface area contributed by atoms with Crippen LogP contribution in [0.4, 0.5) is 10.1 Å². The summed E-state index contributed by atoms with van der Waals surface area (Å²) in [7, 11) is -4.52. The van der Waals surface area contributed by atoms with Gasteiger partial charge in [0, 0.05) is 37.2 Å². The minimum Gasteiger partial charge on any atom is -0.753 e. The second kappa shape index (κ2) is 12.8. The Kier molecular flexibility index (Phi) is 9.65. The highest BCUT2D eigenvalue weighted by atomic mass is 32.3. The zero-order valence-electron chi connectivity index (χ0n) is 23.7. The van der Waals surface area contributed by atoms with Crippen LogP contribution >= 0.6 is 0 Å². The van der Waals surface area contributed by atoms with E-state index in [4.69, 9.17) is 5.26 Å². The number of nitriles is 1. The van der Waals surface area contributed by atoms with E-state index in [2.05, 4.69) is 16.3 Å². The Morgan fingerprint density at radius 3 is 2.45 bits per heavy atom. The molecule has 0 bridgehead atoms. The van der Waals surface area contributed by atoms with Crippen molar-refractivity contribution in [1.29, 1.82) is 5.26 Å². The van der Waals surface area contributed by atoms with Gasteiger partial charge in [-0.25, -0.2) is 8.60 Å². The first-order valence-corrected chi connectivity index (χ1v) is 16.9. The Bertz CT molecular complexity index is 1260. The number of anilines is 1. The number of nitrogens with zero attached hydrogens (tertiary/aromatic N) is 3. The molecule has 4 rings (SSSR count). The summed E-state index contributed by atoms with van der Waals surface area (Å²) >= 11 is 0. The molecule has 0 unspecified atom stereocenters. The van der Waals surface area contributed by atoms with E-state index in [1.54, 1.807) is 36.4 Å². The molecule has 0 aromatic heterocycles. The topological polar surface area (TPSA) is 99.5 Å². The standard InChI is InChI=1S/C31H43FN4O3S/c1-24(35-17-15-29(16-18-35)34-31(37)19-25-11-13-26(21-33)14-12-25)22-36(30-10-6-9-28(32)20-30)40(2,38,39)23-27-7-4-3-5-8-27/h6,9-14,20,24,27,29H,3-5,7-8,15-19,22-23H2,1-2H3,(H,34,37)(H,38,39)/p-1/t24-/m1/s1. The molecule has 2 aromatic carbocycles. The van der Waals surface area contributed by atoms with Crippen LogP contribution in [0.25, 0.3) is 0 Å². The van der Waals surface area contributed by atoms with Crippen LogP contribution in [0.1, 0.15) is 63.0 Å². The van der Waals surface area contributed by atoms with Crippen LogP contribution in [-0.4, -0.2) is 63.3 Å². The summed E-state index contributed by atoms with van der Waals surface area (Å²) in [5, 5.41) is 12.1. The third kappa shape index (κ3) is 8.12. The van der Waals surface area contributed by atoms with Crippen molar-refractivity contribution in [1.82, 2.24) is 10.2 Å². The quantitative estimate of drug-likeness (QED) is 0.444. The number of sulfone groups is 1. The Labute approximate surface area is 238 Å². The van der Waals surface area contributed by atoms with Gasteiger partial charge >= 0.3 is 0 Å². The highest BCUT2D eigenvalue weighted by molar-refractivity contribution is 8.15. The smallest absolute Gasteiger partial charge is 0.224 e. The number of amides is 1. The molecule has 2 aromatic rings. The second-order valence-electron chi connectivity index (χ2n) is 11.8. The van der Waals surface area contributed by atoms with E-state index in [1.165, 1.54) is 22.7 Å². The van der Waals surface area contributed by atoms with Gasteiger partial charge in [-0.15, -0.1) is 0 Å². The molecule has 0 radical (unpaired) electrons. The lowest BCUT2D eigenvalue weighted by Gasteiger charge is -2.62. The zero-order valence-corrected chi connectivity index (χ0v) is 24.5. The fraction of sp³-hybridized carbons (Fsp3) is 0.548. The molecule has 40 heavy (non-hydrogen) atoms. The SMILES string of the molecule is C[C@H](CN(c1cccc(F)c1)S(C)(=O)([O-])CC1CCCCC1)N1CCC(NC(=O)Cc2ccc(C#N)cc2)CC1. The molecule has 1 amide bonds. The Balaban J connectivity index is 1.37. The van der Waals surface area contributed by atoms with Crippen LogP contribution in [0.2, 0.25) is 0 Å². The van der Waals surface area contributed by atoms with Crippen molar-refractivity contribution in [2.24, 2.45) is 5.92 Å². The molecular weight excluding hydrogens is 527 g/mol. The van der Waals surface area contributed by atoms with Gasteiger partial charge < -0.3 is 14.2 Å². The van der Waals surface area contributed by atoms with E-state index >= 15 is 0 Å². The molecule has 1 heterocycles. The maximum atomic E-state index is 14.2. The molecule has 1 saturated heterocycles. The maximum absolute atomic E-state index is 14.2. The number of hydrogen-bond acceptors (Lipinski definition) is 5. The number of carbonyl (C=O) groups excluding carboxylic acids is 1. The molecule has 1 saturated carbocycles. The van der Waals surface area contributed by atoms with E-state index in [0.717, 1.165) is 63.6 Å². The lowest BCUT2D eigenvalue weighted by molar-refractivity contribution is -0.121. The molecule has 2 fully saturated rings. The monoisotopic (exact) mass is 569 g/mol. The highest BCUT2D eigenvalue weighted by Gasteiger charge is 2.32. The van der Waals surface area contributed by atoms with Gasteiger partial charge in [-0.05, 0) is 74.4 Å². The Morgan fingerprint density at radius 2 is 1.82 bits per heavy atom. The lowest BCUT2D eigenvalue weighted by Crippen LogP contribution is -2.59. The fourth-order valence-electron chi connectivity index (χ4n) is 6.17. The van der Waals surface area contributed by atoms with Crippen LogP contribution in [0.3, 0.4) is 0 Å². The second-order valence-corrected chi connectivity index (χ2v) is 15.4. The number of piperidine rings is 1. The van der Waals surface area contributed by atoms with Crippen LogP contribution in [0.5, 0.6) is 0 Å². The van der Waals surface area contributed by atoms with E-state index < -0.39 is 15.3 Å². The third-order valence-corrected chi connectivity index (χ3v) is 11.1. The van der Waals surface area contributed by atoms with Crippen molar-refractivity contribution in [3.8, 4) is 6.07 Å². The number of sulfonamides is 2. The average molecular weight is 570 g/mol. The number of benzene rings is 2. The first-order chi connectivity index (χ1) is 19.0. The normalized spacial score (nSPS) is 19.2. The summed E-state index contributed by atoms with van der Waals surface area (Å²) in [6, 6.07) is 15.0. The molecule has 2 aliphatic rings. The zero-order chi connectivity index (χ0) is 28.8. The fourth-order valence-corrected chi connectivity index (χ4v) is 8.99. The summed E-state index contributed by atoms with van der Waals surface area (Å²) in [6.07, 6.45) is 8.26. The van der Waals surface area contributed by atoms with Gasteiger partial charge in [0.25, 0.3) is 0 Å². The summed E-state index contributed by atoms with van der Waals surface area (Å²) in [6.45, 7) is 3.74. The molecule has 1 aliphatic carbocycles. The highest BCUT2D eigenvalue weighted by Crippen LogP contribution is 2.37. The van der Waals surface area contributed by atoms with Crippen molar-refractivity contribution in [2.75, 3.05) is 35.9 Å². The van der Waals surface area contributed by atoms with Crippen LogP contribution in [0, 0.1) is 23.1 Å². The summed E-state index contributed by atoms with van der Waals surface area (Å²) in [5.74, 6) is -0.274. The Morgan fingerprint density at radius 1 is 1.15 bits per heavy atom. The molecule has 1 atom stereocenters. The number of nitrogens with one attached hydrogen (secondary N) is 1. The predicted molar refractivity (Wildman–Crippen MR) is 157 cm³/mol. The minimum atomic E-state index is -4.52. The average Bonchev–Trinajstić information content (AvgIpc) is 2.92. The van der Waals surface area contributed by atoms with Gasteiger partial charge in [0.05, 0.1) is 30.3 Å². The third-order valence-electron chi connectivity index (χ3n) is 8.39. The van der Waals surface area contributed by atoms with E-state index in [1.807, 2.05) is 6.92 Å². The molecule has 7 nitrogen and oxygen atoms in total. The number of likely N-dealkylation sites (tertiary alicyclic amines) is 1. The van der Waals surface area contributed by atoms with Gasteiger partial charge in [-0.3, -0.25) is 19.2 Å². The molecule has 218 valence electrons. The van der Waals surface area contributed by atoms with Crippen molar-refractivity contribution in [3.05, 3.63) is 65.5 Å². The minimum absolute atomic E-state index is 0.0451. The van der Waals surface area contributed by atoms with Gasteiger partial charge in [0.15, 0.2) is 0 Å². The number of carbonyl (C=O) groups is 1. The Hall–Kier alpha value is -2.80. The number of rotatable bonds is 10. The molecule has 9 heteroatoms. The van der Waals surface area contributed by atoms with Crippen molar-refractivity contribution in [3.63, 3.8) is 0 Å². The van der Waals surface area contributed by atoms with Crippen LogP contribution in [-0.2, 0) is 20.7 Å². The first kappa shape index (κ1) is 30.2. The number of halogens is 1. The van der Waals surface area contributed by atoms with Crippen LogP contribution in [0.15, 0.2) is 48.5 Å². The molecule has 1 N–H and O–H groups in total. The molecule has 1 aliphatic heterocycles. The molecule has 0 spiro atoms. The lowest BCUT2D eigenvalue weighted by atomic mass is 9.91. The largest absolute Gasteiger partial charge is 0.753 e. The van der Waals surface area contributed by atoms with E-state index in [0.29, 0.717) is 11.3 Å². The van der Waals surface area contributed by atoms with Crippen LogP contribution < -0.4 is 9.62 Å². The molecular formula is C31H42FN4O3S-. The number of hydrogen-bond donors (Lipinski definition) is 1. The van der Waals surface area contributed by atoms with E-state index in [-0.39, 0.29) is 42.6 Å².